The van der Waals surface area contributed by atoms with Crippen LogP contribution in [0.3, 0.4) is 0 Å². The van der Waals surface area contributed by atoms with E-state index in [4.69, 9.17) is 0 Å². The van der Waals surface area contributed by atoms with Crippen LogP contribution in [0.2, 0.25) is 0 Å². The molecule has 0 spiro atoms. The van der Waals surface area contributed by atoms with Crippen molar-refractivity contribution in [1.82, 2.24) is 0 Å². The topological polar surface area (TPSA) is 0 Å². The van der Waals surface area contributed by atoms with Gasteiger partial charge >= 0.3 is 0 Å². The van der Waals surface area contributed by atoms with Crippen LogP contribution in [0.5, 0.6) is 0 Å². The highest BCUT2D eigenvalue weighted by molar-refractivity contribution is 9.09. The lowest BCUT2D eigenvalue weighted by atomic mass is 9.96. The maximum absolute atomic E-state index is 3.76. The van der Waals surface area contributed by atoms with Crippen molar-refractivity contribution in [3.8, 4) is 0 Å². The van der Waals surface area contributed by atoms with E-state index in [1.54, 1.807) is 0 Å². The summed E-state index contributed by atoms with van der Waals surface area (Å²) in [5.41, 5.74) is 2.81. The van der Waals surface area contributed by atoms with Gasteiger partial charge in [0.2, 0.25) is 0 Å². The molecule has 0 bridgehead atoms. The fraction of sp³-hybridized carbons (Fsp3) is 0.286. The lowest BCUT2D eigenvalue weighted by molar-refractivity contribution is 0.911. The Hall–Kier alpha value is -0.820. The van der Waals surface area contributed by atoms with Gasteiger partial charge in [0, 0.05) is 4.83 Å². The molecule has 78 valence electrons. The summed E-state index contributed by atoms with van der Waals surface area (Å²) in [5, 5.41) is 2.71. The van der Waals surface area contributed by atoms with Crippen LogP contribution in [-0.2, 0) is 0 Å². The Balaban J connectivity index is 2.74. The van der Waals surface area contributed by atoms with Crippen LogP contribution in [-0.4, -0.2) is 0 Å². The van der Waals surface area contributed by atoms with Gasteiger partial charge in [0.25, 0.3) is 0 Å². The maximum atomic E-state index is 3.76. The number of hydrogen-bond donors (Lipinski definition) is 0. The zero-order valence-electron chi connectivity index (χ0n) is 9.13. The number of fused-ring (bicyclic) bond motifs is 1. The highest BCUT2D eigenvalue weighted by Gasteiger charge is 2.11. The molecule has 0 amide bonds. The molecule has 0 nitrogen and oxygen atoms in total. The summed E-state index contributed by atoms with van der Waals surface area (Å²) in [4.78, 5) is 0.462. The standard InChI is InChI=1S/C14H15Br/c1-3-13(15)14-10(2)8-9-11-6-4-5-7-12(11)14/h4-9,13H,3H2,1-2H3. The van der Waals surface area contributed by atoms with Crippen molar-refractivity contribution in [1.29, 1.82) is 0 Å². The molecule has 0 saturated carbocycles. The fourth-order valence-electron chi connectivity index (χ4n) is 2.02. The van der Waals surface area contributed by atoms with Gasteiger partial charge in [0.15, 0.2) is 0 Å². The van der Waals surface area contributed by atoms with E-state index < -0.39 is 0 Å². The molecule has 0 aliphatic heterocycles. The molecule has 1 unspecified atom stereocenters. The van der Waals surface area contributed by atoms with Crippen molar-refractivity contribution < 1.29 is 0 Å². The summed E-state index contributed by atoms with van der Waals surface area (Å²) in [6.07, 6.45) is 1.12. The first-order valence-corrected chi connectivity index (χ1v) is 6.28. The minimum Gasteiger partial charge on any atom is -0.0839 e. The molecule has 15 heavy (non-hydrogen) atoms. The van der Waals surface area contributed by atoms with Gasteiger partial charge < -0.3 is 0 Å². The molecule has 0 fully saturated rings. The van der Waals surface area contributed by atoms with Gasteiger partial charge in [0.1, 0.15) is 0 Å². The van der Waals surface area contributed by atoms with Crippen molar-refractivity contribution in [3.63, 3.8) is 0 Å². The van der Waals surface area contributed by atoms with Gasteiger partial charge in [-0.1, -0.05) is 59.3 Å². The molecule has 0 aromatic heterocycles. The van der Waals surface area contributed by atoms with Crippen molar-refractivity contribution in [2.24, 2.45) is 0 Å². The number of hydrogen-bond acceptors (Lipinski definition) is 0. The van der Waals surface area contributed by atoms with Gasteiger partial charge in [0.05, 0.1) is 0 Å². The van der Waals surface area contributed by atoms with Crippen molar-refractivity contribution >= 4 is 26.7 Å². The quantitative estimate of drug-likeness (QED) is 0.669. The van der Waals surface area contributed by atoms with E-state index in [9.17, 15) is 0 Å². The average Bonchev–Trinajstić information content (AvgIpc) is 2.28. The third-order valence-electron chi connectivity index (χ3n) is 2.86. The summed E-state index contributed by atoms with van der Waals surface area (Å²) in [6, 6.07) is 13.0. The molecule has 0 saturated heterocycles. The second kappa shape index (κ2) is 4.36. The summed E-state index contributed by atoms with van der Waals surface area (Å²) in [7, 11) is 0. The molecule has 1 atom stereocenters. The minimum atomic E-state index is 0.462. The Morgan fingerprint density at radius 1 is 1.13 bits per heavy atom. The number of alkyl halides is 1. The van der Waals surface area contributed by atoms with Crippen LogP contribution in [0.25, 0.3) is 10.8 Å². The second-order valence-corrected chi connectivity index (χ2v) is 5.00. The molecule has 2 aromatic carbocycles. The molecule has 0 N–H and O–H groups in total. The molecule has 0 heterocycles. The first-order chi connectivity index (χ1) is 7.24. The molecular weight excluding hydrogens is 248 g/mol. The Morgan fingerprint density at radius 3 is 2.60 bits per heavy atom. The van der Waals surface area contributed by atoms with Crippen molar-refractivity contribution in [3.05, 3.63) is 47.5 Å². The number of aryl methyl sites for hydroxylation is 1. The van der Waals surface area contributed by atoms with Crippen molar-refractivity contribution in [2.75, 3.05) is 0 Å². The second-order valence-electron chi connectivity index (χ2n) is 3.89. The van der Waals surface area contributed by atoms with Gasteiger partial charge in [-0.3, -0.25) is 0 Å². The van der Waals surface area contributed by atoms with E-state index >= 15 is 0 Å². The third-order valence-corrected chi connectivity index (χ3v) is 3.97. The van der Waals surface area contributed by atoms with Crippen LogP contribution in [0, 0.1) is 6.92 Å². The summed E-state index contributed by atoms with van der Waals surface area (Å²) < 4.78 is 0. The maximum Gasteiger partial charge on any atom is 0.0401 e. The Bertz CT molecular complexity index is 474. The van der Waals surface area contributed by atoms with Gasteiger partial charge in [-0.05, 0) is 35.2 Å². The highest BCUT2D eigenvalue weighted by Crippen LogP contribution is 2.34. The minimum absolute atomic E-state index is 0.462. The predicted molar refractivity (Wildman–Crippen MR) is 70.6 cm³/mol. The van der Waals surface area contributed by atoms with Crippen LogP contribution in [0.4, 0.5) is 0 Å². The monoisotopic (exact) mass is 262 g/mol. The molecule has 2 aromatic rings. The Kier molecular flexibility index (Phi) is 3.11. The van der Waals surface area contributed by atoms with Crippen LogP contribution >= 0.6 is 15.9 Å². The molecule has 0 radical (unpaired) electrons. The van der Waals surface area contributed by atoms with Crippen LogP contribution in [0.15, 0.2) is 36.4 Å². The fourth-order valence-corrected chi connectivity index (χ4v) is 2.63. The van der Waals surface area contributed by atoms with Crippen LogP contribution in [0.1, 0.15) is 29.3 Å². The zero-order chi connectivity index (χ0) is 10.8. The predicted octanol–water partition coefficient (Wildman–Crippen LogP) is 4.99. The summed E-state index contributed by atoms with van der Waals surface area (Å²) in [6.45, 7) is 4.40. The van der Waals surface area contributed by atoms with Gasteiger partial charge in [-0.15, -0.1) is 0 Å². The summed E-state index contributed by atoms with van der Waals surface area (Å²) in [5.74, 6) is 0. The molecule has 0 aliphatic carbocycles. The average molecular weight is 263 g/mol. The normalized spacial score (nSPS) is 13.0. The van der Waals surface area contributed by atoms with E-state index in [2.05, 4.69) is 66.2 Å². The molecular formula is C14H15Br. The Morgan fingerprint density at radius 2 is 1.87 bits per heavy atom. The first-order valence-electron chi connectivity index (χ1n) is 5.36. The molecule has 1 heteroatoms. The Labute approximate surface area is 99.4 Å². The van der Waals surface area contributed by atoms with E-state index in [1.807, 2.05) is 0 Å². The largest absolute Gasteiger partial charge is 0.0839 e. The smallest absolute Gasteiger partial charge is 0.0401 e. The first kappa shape index (κ1) is 10.7. The molecule has 0 aliphatic rings. The van der Waals surface area contributed by atoms with Gasteiger partial charge in [-0.2, -0.15) is 0 Å². The third kappa shape index (κ3) is 1.93. The molecule has 2 rings (SSSR count). The van der Waals surface area contributed by atoms with Crippen molar-refractivity contribution in [2.45, 2.75) is 25.1 Å². The van der Waals surface area contributed by atoms with E-state index in [1.165, 1.54) is 21.9 Å². The lowest BCUT2D eigenvalue weighted by Crippen LogP contribution is -1.93. The van der Waals surface area contributed by atoms with Crippen LogP contribution < -0.4 is 0 Å². The SMILES string of the molecule is CCC(Br)c1c(C)ccc2ccccc12. The number of rotatable bonds is 2. The van der Waals surface area contributed by atoms with E-state index in [-0.39, 0.29) is 0 Å². The number of benzene rings is 2. The van der Waals surface area contributed by atoms with Gasteiger partial charge in [-0.25, -0.2) is 0 Å². The number of halogens is 1. The highest BCUT2D eigenvalue weighted by atomic mass is 79.9. The lowest BCUT2D eigenvalue weighted by Gasteiger charge is -2.14. The summed E-state index contributed by atoms with van der Waals surface area (Å²) >= 11 is 3.76. The van der Waals surface area contributed by atoms with E-state index in [0.717, 1.165) is 6.42 Å². The van der Waals surface area contributed by atoms with E-state index in [0.29, 0.717) is 4.83 Å². The zero-order valence-corrected chi connectivity index (χ0v) is 10.7.